The van der Waals surface area contributed by atoms with Crippen molar-refractivity contribution < 1.29 is 9.90 Å². The van der Waals surface area contributed by atoms with E-state index in [0.717, 1.165) is 26.7 Å². The minimum atomic E-state index is -0.907. The van der Waals surface area contributed by atoms with Crippen LogP contribution in [0, 0.1) is 20.8 Å². The van der Waals surface area contributed by atoms with E-state index in [2.05, 4.69) is 4.98 Å². The molecule has 0 radical (unpaired) electrons. The van der Waals surface area contributed by atoms with Crippen LogP contribution in [0.2, 0.25) is 0 Å². The smallest absolute Gasteiger partial charge is 0.336 e. The highest BCUT2D eigenvalue weighted by Crippen LogP contribution is 2.30. The van der Waals surface area contributed by atoms with Gasteiger partial charge in [0.25, 0.3) is 0 Å². The van der Waals surface area contributed by atoms with Gasteiger partial charge in [0.05, 0.1) is 5.56 Å². The SMILES string of the molecule is Cc1cc(C)nc(Sc2ccc(C)cc2C(=O)O)c1. The Morgan fingerprint density at radius 1 is 1.11 bits per heavy atom. The maximum absolute atomic E-state index is 11.3. The summed E-state index contributed by atoms with van der Waals surface area (Å²) >= 11 is 1.39. The Kier molecular flexibility index (Phi) is 3.90. The molecule has 1 heterocycles. The molecule has 0 fully saturated rings. The summed E-state index contributed by atoms with van der Waals surface area (Å²) < 4.78 is 0. The van der Waals surface area contributed by atoms with Gasteiger partial charge in [0.1, 0.15) is 5.03 Å². The highest BCUT2D eigenvalue weighted by atomic mass is 32.2. The van der Waals surface area contributed by atoms with Gasteiger partial charge in [-0.05, 0) is 50.6 Å². The van der Waals surface area contributed by atoms with Crippen molar-refractivity contribution >= 4 is 17.7 Å². The summed E-state index contributed by atoms with van der Waals surface area (Å²) in [4.78, 5) is 16.4. The van der Waals surface area contributed by atoms with E-state index in [-0.39, 0.29) is 0 Å². The Balaban J connectivity index is 2.40. The standard InChI is InChI=1S/C15H15NO2S/c1-9-4-5-13(12(7-9)15(17)18)19-14-8-10(2)6-11(3)16-14/h4-8H,1-3H3,(H,17,18). The van der Waals surface area contributed by atoms with Gasteiger partial charge in [-0.1, -0.05) is 23.4 Å². The van der Waals surface area contributed by atoms with Gasteiger partial charge < -0.3 is 5.11 Å². The predicted octanol–water partition coefficient (Wildman–Crippen LogP) is 3.86. The fourth-order valence-corrected chi connectivity index (χ4v) is 2.92. The number of aromatic nitrogens is 1. The molecule has 0 saturated carbocycles. The second-order valence-corrected chi connectivity index (χ2v) is 5.59. The molecule has 0 unspecified atom stereocenters. The number of pyridine rings is 1. The number of carboxylic acid groups (broad SMARTS) is 1. The molecule has 3 nitrogen and oxygen atoms in total. The molecule has 0 spiro atoms. The molecule has 0 bridgehead atoms. The highest BCUT2D eigenvalue weighted by Gasteiger charge is 2.12. The van der Waals surface area contributed by atoms with Crippen LogP contribution in [0.25, 0.3) is 0 Å². The minimum absolute atomic E-state index is 0.325. The molecule has 19 heavy (non-hydrogen) atoms. The Morgan fingerprint density at radius 3 is 2.47 bits per heavy atom. The van der Waals surface area contributed by atoms with Gasteiger partial charge in [-0.3, -0.25) is 0 Å². The molecule has 0 aliphatic rings. The number of aromatic carboxylic acids is 1. The van der Waals surface area contributed by atoms with Crippen LogP contribution in [0.4, 0.5) is 0 Å². The van der Waals surface area contributed by atoms with Crippen molar-refractivity contribution in [2.24, 2.45) is 0 Å². The molecule has 1 N–H and O–H groups in total. The maximum Gasteiger partial charge on any atom is 0.336 e. The lowest BCUT2D eigenvalue weighted by molar-refractivity contribution is 0.0693. The molecule has 4 heteroatoms. The minimum Gasteiger partial charge on any atom is -0.478 e. The molecular weight excluding hydrogens is 258 g/mol. The van der Waals surface area contributed by atoms with E-state index in [1.807, 2.05) is 45.0 Å². The van der Waals surface area contributed by atoms with Crippen LogP contribution in [0.15, 0.2) is 40.3 Å². The third-order valence-electron chi connectivity index (χ3n) is 2.65. The maximum atomic E-state index is 11.3. The number of hydrogen-bond acceptors (Lipinski definition) is 3. The zero-order chi connectivity index (χ0) is 14.0. The van der Waals surface area contributed by atoms with Crippen molar-refractivity contribution in [2.45, 2.75) is 30.7 Å². The average Bonchev–Trinajstić information content (AvgIpc) is 2.30. The lowest BCUT2D eigenvalue weighted by Gasteiger charge is -2.07. The van der Waals surface area contributed by atoms with Crippen LogP contribution in [-0.2, 0) is 0 Å². The molecule has 1 aromatic carbocycles. The van der Waals surface area contributed by atoms with E-state index in [1.54, 1.807) is 6.07 Å². The largest absolute Gasteiger partial charge is 0.478 e. The number of aryl methyl sites for hydroxylation is 3. The highest BCUT2D eigenvalue weighted by molar-refractivity contribution is 7.99. The first-order valence-corrected chi connectivity index (χ1v) is 6.74. The molecule has 0 amide bonds. The van der Waals surface area contributed by atoms with Crippen LogP contribution in [-0.4, -0.2) is 16.1 Å². The summed E-state index contributed by atoms with van der Waals surface area (Å²) in [5.74, 6) is -0.907. The number of carboxylic acids is 1. The Hall–Kier alpha value is -1.81. The van der Waals surface area contributed by atoms with Gasteiger partial charge >= 0.3 is 5.97 Å². The van der Waals surface area contributed by atoms with Crippen LogP contribution in [0.5, 0.6) is 0 Å². The van der Waals surface area contributed by atoms with Crippen LogP contribution in [0.1, 0.15) is 27.2 Å². The summed E-state index contributed by atoms with van der Waals surface area (Å²) in [6.07, 6.45) is 0. The molecule has 1 aromatic heterocycles. The summed E-state index contributed by atoms with van der Waals surface area (Å²) in [5, 5.41) is 10.1. The zero-order valence-electron chi connectivity index (χ0n) is 11.1. The van der Waals surface area contributed by atoms with E-state index in [4.69, 9.17) is 0 Å². The van der Waals surface area contributed by atoms with Crippen LogP contribution < -0.4 is 0 Å². The van der Waals surface area contributed by atoms with E-state index < -0.39 is 5.97 Å². The van der Waals surface area contributed by atoms with E-state index in [1.165, 1.54) is 11.8 Å². The van der Waals surface area contributed by atoms with E-state index in [9.17, 15) is 9.90 Å². The van der Waals surface area contributed by atoms with Gasteiger partial charge in [0, 0.05) is 10.6 Å². The van der Waals surface area contributed by atoms with Gasteiger partial charge in [0.15, 0.2) is 0 Å². The first-order valence-electron chi connectivity index (χ1n) is 5.93. The Labute approximate surface area is 116 Å². The van der Waals surface area contributed by atoms with Crippen molar-refractivity contribution in [3.63, 3.8) is 0 Å². The summed E-state index contributed by atoms with van der Waals surface area (Å²) in [7, 11) is 0. The first-order chi connectivity index (χ1) is 8.95. The van der Waals surface area contributed by atoms with E-state index in [0.29, 0.717) is 5.56 Å². The van der Waals surface area contributed by atoms with Crippen molar-refractivity contribution in [3.8, 4) is 0 Å². The third kappa shape index (κ3) is 3.35. The fourth-order valence-electron chi connectivity index (χ4n) is 1.87. The number of benzene rings is 1. The molecular formula is C15H15NO2S. The summed E-state index contributed by atoms with van der Waals surface area (Å²) in [6, 6.07) is 9.40. The van der Waals surface area contributed by atoms with Crippen molar-refractivity contribution in [3.05, 3.63) is 52.7 Å². The van der Waals surface area contributed by atoms with Gasteiger partial charge in [-0.25, -0.2) is 9.78 Å². The molecule has 98 valence electrons. The van der Waals surface area contributed by atoms with Crippen LogP contribution >= 0.6 is 11.8 Å². The molecule has 2 aromatic rings. The van der Waals surface area contributed by atoms with Crippen LogP contribution in [0.3, 0.4) is 0 Å². The topological polar surface area (TPSA) is 50.2 Å². The number of nitrogens with zero attached hydrogens (tertiary/aromatic N) is 1. The monoisotopic (exact) mass is 273 g/mol. The fraction of sp³-hybridized carbons (Fsp3) is 0.200. The molecule has 0 aliphatic heterocycles. The summed E-state index contributed by atoms with van der Waals surface area (Å²) in [6.45, 7) is 5.83. The second kappa shape index (κ2) is 5.45. The molecule has 0 atom stereocenters. The predicted molar refractivity (Wildman–Crippen MR) is 76.0 cm³/mol. The second-order valence-electron chi connectivity index (χ2n) is 4.53. The summed E-state index contributed by atoms with van der Waals surface area (Å²) in [5.41, 5.74) is 3.33. The van der Waals surface area contributed by atoms with Crippen molar-refractivity contribution in [1.29, 1.82) is 0 Å². The lowest BCUT2D eigenvalue weighted by atomic mass is 10.1. The van der Waals surface area contributed by atoms with Crippen molar-refractivity contribution in [2.75, 3.05) is 0 Å². The van der Waals surface area contributed by atoms with Gasteiger partial charge in [-0.2, -0.15) is 0 Å². The normalized spacial score (nSPS) is 10.5. The Morgan fingerprint density at radius 2 is 1.84 bits per heavy atom. The number of hydrogen-bond donors (Lipinski definition) is 1. The first kappa shape index (κ1) is 13.6. The molecule has 0 saturated heterocycles. The number of rotatable bonds is 3. The van der Waals surface area contributed by atoms with Gasteiger partial charge in [0.2, 0.25) is 0 Å². The molecule has 2 rings (SSSR count). The van der Waals surface area contributed by atoms with Gasteiger partial charge in [-0.15, -0.1) is 0 Å². The molecule has 0 aliphatic carbocycles. The Bertz CT molecular complexity index is 618. The quantitative estimate of drug-likeness (QED) is 0.922. The lowest BCUT2D eigenvalue weighted by Crippen LogP contribution is -1.99. The number of carbonyl (C=O) groups is 1. The average molecular weight is 273 g/mol. The zero-order valence-corrected chi connectivity index (χ0v) is 11.9. The third-order valence-corrected chi connectivity index (χ3v) is 3.65. The van der Waals surface area contributed by atoms with Crippen molar-refractivity contribution in [1.82, 2.24) is 4.98 Å². The van der Waals surface area contributed by atoms with E-state index >= 15 is 0 Å².